The Morgan fingerprint density at radius 2 is 1.86 bits per heavy atom. The number of nitrogens with zero attached hydrogens (tertiary/aromatic N) is 1. The first-order chi connectivity index (χ1) is 13.9. The summed E-state index contributed by atoms with van der Waals surface area (Å²) in [5.74, 6) is 1.77. The lowest BCUT2D eigenvalue weighted by Crippen LogP contribution is -3.14. The SMILES string of the molecule is CC[NH+]1CCN(C(=O)c2ccc(COc3cccc4c3OC(C)(C)C4)cc2)CC1. The summed E-state index contributed by atoms with van der Waals surface area (Å²) in [4.78, 5) is 16.3. The third-order valence-electron chi connectivity index (χ3n) is 5.91. The molecule has 0 aliphatic carbocycles. The zero-order chi connectivity index (χ0) is 20.4. The molecule has 0 saturated carbocycles. The van der Waals surface area contributed by atoms with Crippen LogP contribution >= 0.6 is 0 Å². The number of para-hydroxylation sites is 1. The number of nitrogens with one attached hydrogen (secondary N) is 1. The van der Waals surface area contributed by atoms with Gasteiger partial charge >= 0.3 is 0 Å². The first-order valence-electron chi connectivity index (χ1n) is 10.6. The van der Waals surface area contributed by atoms with Crippen LogP contribution in [-0.4, -0.2) is 49.1 Å². The van der Waals surface area contributed by atoms with Crippen molar-refractivity contribution in [2.24, 2.45) is 0 Å². The van der Waals surface area contributed by atoms with Crippen molar-refractivity contribution >= 4 is 5.91 Å². The fraction of sp³-hybridized carbons (Fsp3) is 0.458. The number of ether oxygens (including phenoxy) is 2. The second-order valence-corrected chi connectivity index (χ2v) is 8.66. The van der Waals surface area contributed by atoms with Gasteiger partial charge in [-0.2, -0.15) is 0 Å². The number of rotatable bonds is 5. The molecule has 5 heteroatoms. The Bertz CT molecular complexity index is 868. The molecular formula is C24H31N2O3+. The molecule has 2 aliphatic heterocycles. The molecule has 2 aliphatic rings. The third-order valence-corrected chi connectivity index (χ3v) is 5.91. The molecule has 0 spiro atoms. The van der Waals surface area contributed by atoms with Crippen molar-refractivity contribution in [2.45, 2.75) is 39.4 Å². The molecule has 29 heavy (non-hydrogen) atoms. The average molecular weight is 396 g/mol. The Hall–Kier alpha value is -2.53. The minimum atomic E-state index is -0.187. The smallest absolute Gasteiger partial charge is 0.254 e. The summed E-state index contributed by atoms with van der Waals surface area (Å²) in [5.41, 5.74) is 2.79. The van der Waals surface area contributed by atoms with Gasteiger partial charge in [0.1, 0.15) is 12.2 Å². The number of hydrogen-bond acceptors (Lipinski definition) is 3. The molecule has 2 heterocycles. The van der Waals surface area contributed by atoms with Crippen LogP contribution in [0, 0.1) is 0 Å². The van der Waals surface area contributed by atoms with Crippen LogP contribution in [-0.2, 0) is 13.0 Å². The minimum Gasteiger partial charge on any atom is -0.485 e. The van der Waals surface area contributed by atoms with Crippen molar-refractivity contribution < 1.29 is 19.2 Å². The van der Waals surface area contributed by atoms with Crippen molar-refractivity contribution in [2.75, 3.05) is 32.7 Å². The van der Waals surface area contributed by atoms with Crippen LogP contribution in [0.1, 0.15) is 42.3 Å². The van der Waals surface area contributed by atoms with Crippen molar-refractivity contribution in [3.8, 4) is 11.5 Å². The Morgan fingerprint density at radius 3 is 2.55 bits per heavy atom. The van der Waals surface area contributed by atoms with E-state index in [1.54, 1.807) is 4.90 Å². The molecule has 0 radical (unpaired) electrons. The summed E-state index contributed by atoms with van der Waals surface area (Å²) >= 11 is 0. The monoisotopic (exact) mass is 395 g/mol. The summed E-state index contributed by atoms with van der Waals surface area (Å²) in [5, 5.41) is 0. The molecule has 2 aromatic rings. The quantitative estimate of drug-likeness (QED) is 0.845. The highest BCUT2D eigenvalue weighted by Gasteiger charge is 2.32. The van der Waals surface area contributed by atoms with Crippen LogP contribution in [0.5, 0.6) is 11.5 Å². The number of fused-ring (bicyclic) bond motifs is 1. The van der Waals surface area contributed by atoms with Crippen LogP contribution < -0.4 is 14.4 Å². The van der Waals surface area contributed by atoms with Crippen molar-refractivity contribution in [3.63, 3.8) is 0 Å². The van der Waals surface area contributed by atoms with Gasteiger partial charge in [0.25, 0.3) is 5.91 Å². The van der Waals surface area contributed by atoms with Crippen LogP contribution in [0.3, 0.4) is 0 Å². The van der Waals surface area contributed by atoms with Gasteiger partial charge in [0, 0.05) is 17.5 Å². The van der Waals surface area contributed by atoms with Crippen LogP contribution in [0.2, 0.25) is 0 Å². The van der Waals surface area contributed by atoms with Gasteiger partial charge in [0.05, 0.1) is 32.7 Å². The topological polar surface area (TPSA) is 43.2 Å². The summed E-state index contributed by atoms with van der Waals surface area (Å²) in [6.45, 7) is 11.7. The Balaban J connectivity index is 1.36. The maximum atomic E-state index is 12.7. The van der Waals surface area contributed by atoms with E-state index in [4.69, 9.17) is 9.47 Å². The maximum Gasteiger partial charge on any atom is 0.254 e. The fourth-order valence-corrected chi connectivity index (χ4v) is 4.17. The van der Waals surface area contributed by atoms with E-state index >= 15 is 0 Å². The number of quaternary nitrogens is 1. The second-order valence-electron chi connectivity index (χ2n) is 8.66. The van der Waals surface area contributed by atoms with E-state index in [1.807, 2.05) is 41.3 Å². The van der Waals surface area contributed by atoms with Gasteiger partial charge in [0.2, 0.25) is 0 Å². The Kier molecular flexibility index (Phi) is 5.50. The molecule has 154 valence electrons. The highest BCUT2D eigenvalue weighted by atomic mass is 16.5. The lowest BCUT2D eigenvalue weighted by molar-refractivity contribution is -0.902. The molecule has 1 saturated heterocycles. The molecule has 0 aromatic heterocycles. The lowest BCUT2D eigenvalue weighted by atomic mass is 10.0. The summed E-state index contributed by atoms with van der Waals surface area (Å²) in [7, 11) is 0. The van der Waals surface area contributed by atoms with E-state index in [9.17, 15) is 4.79 Å². The molecule has 1 fully saturated rings. The van der Waals surface area contributed by atoms with E-state index < -0.39 is 0 Å². The average Bonchev–Trinajstić information content (AvgIpc) is 3.06. The van der Waals surface area contributed by atoms with Gasteiger partial charge < -0.3 is 19.3 Å². The van der Waals surface area contributed by atoms with Gasteiger partial charge in [-0.1, -0.05) is 24.3 Å². The number of benzene rings is 2. The van der Waals surface area contributed by atoms with Crippen LogP contribution in [0.15, 0.2) is 42.5 Å². The highest BCUT2D eigenvalue weighted by Crippen LogP contribution is 2.41. The number of amides is 1. The molecule has 2 aromatic carbocycles. The normalized spacial score (nSPS) is 18.2. The number of piperazine rings is 1. The number of hydrogen-bond donors (Lipinski definition) is 1. The molecule has 5 nitrogen and oxygen atoms in total. The van der Waals surface area contributed by atoms with Crippen molar-refractivity contribution in [3.05, 3.63) is 59.2 Å². The van der Waals surface area contributed by atoms with Gasteiger partial charge in [-0.25, -0.2) is 0 Å². The fourth-order valence-electron chi connectivity index (χ4n) is 4.17. The highest BCUT2D eigenvalue weighted by molar-refractivity contribution is 5.94. The van der Waals surface area contributed by atoms with E-state index in [1.165, 1.54) is 5.56 Å². The van der Waals surface area contributed by atoms with Crippen molar-refractivity contribution in [1.82, 2.24) is 4.90 Å². The van der Waals surface area contributed by atoms with Crippen LogP contribution in [0.4, 0.5) is 0 Å². The van der Waals surface area contributed by atoms with Crippen LogP contribution in [0.25, 0.3) is 0 Å². The van der Waals surface area contributed by atoms with Gasteiger partial charge in [-0.3, -0.25) is 4.79 Å². The minimum absolute atomic E-state index is 0.129. The lowest BCUT2D eigenvalue weighted by Gasteiger charge is -2.31. The molecule has 0 unspecified atom stereocenters. The van der Waals surface area contributed by atoms with E-state index in [0.29, 0.717) is 6.61 Å². The summed E-state index contributed by atoms with van der Waals surface area (Å²) < 4.78 is 12.1. The molecular weight excluding hydrogens is 364 g/mol. The molecule has 1 amide bonds. The molecule has 1 N–H and O–H groups in total. The maximum absolute atomic E-state index is 12.7. The summed E-state index contributed by atoms with van der Waals surface area (Å²) in [6.07, 6.45) is 0.893. The number of carbonyl (C=O) groups is 1. The van der Waals surface area contributed by atoms with Crippen molar-refractivity contribution in [1.29, 1.82) is 0 Å². The summed E-state index contributed by atoms with van der Waals surface area (Å²) in [6, 6.07) is 13.9. The first-order valence-corrected chi connectivity index (χ1v) is 10.6. The Morgan fingerprint density at radius 1 is 1.14 bits per heavy atom. The predicted octanol–water partition coefficient (Wildman–Crippen LogP) is 2.34. The van der Waals surface area contributed by atoms with Gasteiger partial charge in [-0.05, 0) is 44.5 Å². The zero-order valence-corrected chi connectivity index (χ0v) is 17.7. The van der Waals surface area contributed by atoms with E-state index in [2.05, 4.69) is 26.8 Å². The third kappa shape index (κ3) is 4.40. The standard InChI is InChI=1S/C24H30N2O3/c1-4-25-12-14-26(15-13-25)23(27)19-10-8-18(9-11-19)17-28-21-7-5-6-20-16-24(2,3)29-22(20)21/h5-11H,4,12-17H2,1-3H3/p+1. The molecule has 0 bridgehead atoms. The van der Waals surface area contributed by atoms with Gasteiger partial charge in [-0.15, -0.1) is 0 Å². The van der Waals surface area contributed by atoms with Gasteiger partial charge in [0.15, 0.2) is 11.5 Å². The number of likely N-dealkylation sites (N-methyl/N-ethyl adjacent to an activating group) is 1. The number of carbonyl (C=O) groups excluding carboxylic acids is 1. The molecule has 4 rings (SSSR count). The second kappa shape index (κ2) is 8.07. The molecule has 0 atom stereocenters. The van der Waals surface area contributed by atoms with E-state index in [-0.39, 0.29) is 11.5 Å². The first kappa shape index (κ1) is 19.8. The van der Waals surface area contributed by atoms with E-state index in [0.717, 1.165) is 61.8 Å². The largest absolute Gasteiger partial charge is 0.485 e. The Labute approximate surface area is 173 Å². The zero-order valence-electron chi connectivity index (χ0n) is 17.7. The predicted molar refractivity (Wildman–Crippen MR) is 113 cm³/mol.